The van der Waals surface area contributed by atoms with Crippen molar-refractivity contribution >= 4 is 57.7 Å². The molecule has 52 heavy (non-hydrogen) atoms. The van der Waals surface area contributed by atoms with Crippen LogP contribution in [0.3, 0.4) is 0 Å². The third kappa shape index (κ3) is 9.13. The zero-order valence-corrected chi connectivity index (χ0v) is 29.9. The van der Waals surface area contributed by atoms with Gasteiger partial charge in [-0.25, -0.2) is 4.98 Å². The summed E-state index contributed by atoms with van der Waals surface area (Å²) in [7, 11) is 3.16. The van der Waals surface area contributed by atoms with E-state index >= 15 is 0 Å². The van der Waals surface area contributed by atoms with E-state index in [0.717, 1.165) is 21.6 Å². The van der Waals surface area contributed by atoms with E-state index in [2.05, 4.69) is 20.9 Å². The molecule has 0 radical (unpaired) electrons. The lowest BCUT2D eigenvalue weighted by Gasteiger charge is -2.17. The first-order valence-electron chi connectivity index (χ1n) is 16.1. The summed E-state index contributed by atoms with van der Waals surface area (Å²) < 4.78 is 10.8. The maximum absolute atomic E-state index is 13.8. The standard InChI is InChI=1S/C41H34N4O5S2/c1-49-35-23-18-30(25-36(35)50-2)34-26-51-41(44-34)45-40(48)37(28-14-8-4-9-15-28)52-32-21-19-31(20-22-32)42-39(47)33(24-27-12-6-3-7-13-27)43-38(46)29-16-10-5-11-17-29/h3-26,37H,1-2H3,(H,42,47)(H,43,46)(H,44,45,48)/b33-24-. The molecule has 260 valence electrons. The minimum Gasteiger partial charge on any atom is -0.493 e. The molecule has 0 aliphatic carbocycles. The number of hydrogen-bond donors (Lipinski definition) is 3. The Bertz CT molecular complexity index is 2170. The summed E-state index contributed by atoms with van der Waals surface area (Å²) >= 11 is 2.71. The van der Waals surface area contributed by atoms with Crippen LogP contribution in [-0.4, -0.2) is 36.9 Å². The highest BCUT2D eigenvalue weighted by molar-refractivity contribution is 8.00. The van der Waals surface area contributed by atoms with Crippen molar-refractivity contribution in [1.29, 1.82) is 0 Å². The molecule has 5 aromatic carbocycles. The van der Waals surface area contributed by atoms with Gasteiger partial charge in [0.05, 0.1) is 19.9 Å². The summed E-state index contributed by atoms with van der Waals surface area (Å²) in [6.07, 6.45) is 1.63. The Kier molecular flexibility index (Phi) is 11.8. The number of benzene rings is 5. The summed E-state index contributed by atoms with van der Waals surface area (Å²) in [5.74, 6) is 0.0937. The van der Waals surface area contributed by atoms with Gasteiger partial charge < -0.3 is 25.4 Å². The zero-order chi connectivity index (χ0) is 36.3. The van der Waals surface area contributed by atoms with Crippen LogP contribution in [0.5, 0.6) is 11.5 Å². The maximum Gasteiger partial charge on any atom is 0.272 e. The second kappa shape index (κ2) is 17.2. The average Bonchev–Trinajstić information content (AvgIpc) is 3.66. The second-order valence-corrected chi connectivity index (χ2v) is 13.3. The van der Waals surface area contributed by atoms with Crippen molar-refractivity contribution in [2.45, 2.75) is 10.1 Å². The van der Waals surface area contributed by atoms with Crippen molar-refractivity contribution in [1.82, 2.24) is 10.3 Å². The summed E-state index contributed by atoms with van der Waals surface area (Å²) in [5, 5.41) is 10.4. The lowest BCUT2D eigenvalue weighted by atomic mass is 10.1. The molecule has 6 aromatic rings. The predicted molar refractivity (Wildman–Crippen MR) is 208 cm³/mol. The number of aromatic nitrogens is 1. The van der Waals surface area contributed by atoms with Crippen LogP contribution in [0, 0.1) is 0 Å². The molecule has 0 saturated heterocycles. The minimum absolute atomic E-state index is 0.0933. The van der Waals surface area contributed by atoms with E-state index in [1.807, 2.05) is 102 Å². The first-order valence-corrected chi connectivity index (χ1v) is 17.9. The molecule has 0 spiro atoms. The number of nitrogens with zero attached hydrogens (tertiary/aromatic N) is 1. The topological polar surface area (TPSA) is 119 Å². The van der Waals surface area contributed by atoms with Crippen LogP contribution < -0.4 is 25.4 Å². The molecule has 1 unspecified atom stereocenters. The van der Waals surface area contributed by atoms with E-state index in [-0.39, 0.29) is 11.6 Å². The highest BCUT2D eigenvalue weighted by Gasteiger charge is 2.24. The van der Waals surface area contributed by atoms with Gasteiger partial charge in [-0.1, -0.05) is 78.9 Å². The van der Waals surface area contributed by atoms with E-state index in [1.54, 1.807) is 56.7 Å². The molecule has 0 saturated carbocycles. The van der Waals surface area contributed by atoms with Crippen molar-refractivity contribution in [2.24, 2.45) is 0 Å². The lowest BCUT2D eigenvalue weighted by molar-refractivity contribution is -0.116. The fraction of sp³-hybridized carbons (Fsp3) is 0.0732. The molecule has 1 heterocycles. The molecule has 0 fully saturated rings. The Morgan fingerprint density at radius 2 is 1.40 bits per heavy atom. The minimum atomic E-state index is -0.594. The number of carbonyl (C=O) groups is 3. The average molecular weight is 727 g/mol. The number of carbonyl (C=O) groups excluding carboxylic acids is 3. The number of hydrogen-bond acceptors (Lipinski definition) is 8. The van der Waals surface area contributed by atoms with Crippen molar-refractivity contribution in [2.75, 3.05) is 24.9 Å². The van der Waals surface area contributed by atoms with Gasteiger partial charge in [0.1, 0.15) is 10.9 Å². The molecule has 6 rings (SSSR count). The number of thiazole rings is 1. The number of amides is 3. The van der Waals surface area contributed by atoms with Crippen LogP contribution in [0.1, 0.15) is 26.7 Å². The highest BCUT2D eigenvalue weighted by Crippen LogP contribution is 2.38. The fourth-order valence-corrected chi connectivity index (χ4v) is 6.89. The largest absolute Gasteiger partial charge is 0.493 e. The first-order chi connectivity index (χ1) is 25.4. The summed E-state index contributed by atoms with van der Waals surface area (Å²) in [6.45, 7) is 0. The number of anilines is 2. The lowest BCUT2D eigenvalue weighted by Crippen LogP contribution is -2.30. The maximum atomic E-state index is 13.8. The van der Waals surface area contributed by atoms with Gasteiger partial charge >= 0.3 is 0 Å². The Morgan fingerprint density at radius 1 is 0.750 bits per heavy atom. The third-order valence-corrected chi connectivity index (χ3v) is 9.78. The molecular formula is C41H34N4O5S2. The Labute approximate surface area is 309 Å². The molecule has 3 amide bonds. The van der Waals surface area contributed by atoms with E-state index in [1.165, 1.54) is 23.1 Å². The Hall–Kier alpha value is -6.17. The molecule has 9 nitrogen and oxygen atoms in total. The van der Waals surface area contributed by atoms with Crippen molar-refractivity contribution < 1.29 is 23.9 Å². The second-order valence-electron chi connectivity index (χ2n) is 11.3. The Balaban J connectivity index is 1.16. The van der Waals surface area contributed by atoms with Gasteiger partial charge in [0, 0.05) is 27.1 Å². The van der Waals surface area contributed by atoms with Crippen molar-refractivity contribution in [3.05, 3.63) is 161 Å². The number of nitrogens with one attached hydrogen (secondary N) is 3. The van der Waals surface area contributed by atoms with Crippen molar-refractivity contribution in [3.8, 4) is 22.8 Å². The fourth-order valence-electron chi connectivity index (χ4n) is 5.14. The van der Waals surface area contributed by atoms with E-state index in [9.17, 15) is 14.4 Å². The summed E-state index contributed by atoms with van der Waals surface area (Å²) in [6, 6.07) is 40.2. The molecule has 0 bridgehead atoms. The van der Waals surface area contributed by atoms with Gasteiger partial charge in [-0.2, -0.15) is 0 Å². The zero-order valence-electron chi connectivity index (χ0n) is 28.2. The molecule has 3 N–H and O–H groups in total. The smallest absolute Gasteiger partial charge is 0.272 e. The van der Waals surface area contributed by atoms with Gasteiger partial charge in [-0.3, -0.25) is 14.4 Å². The van der Waals surface area contributed by atoms with Gasteiger partial charge in [0.15, 0.2) is 16.6 Å². The SMILES string of the molecule is COc1ccc(-c2csc(NC(=O)C(Sc3ccc(NC(=O)/C(=C/c4ccccc4)NC(=O)c4ccccc4)cc3)c3ccccc3)n2)cc1OC. The summed E-state index contributed by atoms with van der Waals surface area (Å²) in [4.78, 5) is 45.7. The normalized spacial score (nSPS) is 11.6. The molecule has 0 aliphatic rings. The van der Waals surface area contributed by atoms with Crippen LogP contribution in [-0.2, 0) is 9.59 Å². The van der Waals surface area contributed by atoms with Crippen LogP contribution >= 0.6 is 23.1 Å². The van der Waals surface area contributed by atoms with Crippen molar-refractivity contribution in [3.63, 3.8) is 0 Å². The van der Waals surface area contributed by atoms with Crippen LogP contribution in [0.15, 0.2) is 149 Å². The van der Waals surface area contributed by atoms with Gasteiger partial charge in [0.2, 0.25) is 5.91 Å². The summed E-state index contributed by atoms with van der Waals surface area (Å²) in [5.41, 5.74) is 4.16. The molecule has 0 aliphatic heterocycles. The monoisotopic (exact) mass is 726 g/mol. The van der Waals surface area contributed by atoms with Gasteiger partial charge in [-0.05, 0) is 71.8 Å². The molecule has 11 heteroatoms. The molecular weight excluding hydrogens is 693 g/mol. The number of rotatable bonds is 13. The molecule has 1 atom stereocenters. The highest BCUT2D eigenvalue weighted by atomic mass is 32.2. The third-order valence-electron chi connectivity index (χ3n) is 7.76. The predicted octanol–water partition coefficient (Wildman–Crippen LogP) is 8.71. The van der Waals surface area contributed by atoms with Gasteiger partial charge in [0.25, 0.3) is 11.8 Å². The van der Waals surface area contributed by atoms with E-state index in [4.69, 9.17) is 9.47 Å². The number of thioether (sulfide) groups is 1. The van der Waals surface area contributed by atoms with Crippen LogP contribution in [0.2, 0.25) is 0 Å². The quantitative estimate of drug-likeness (QED) is 0.0805. The number of ether oxygens (including phenoxy) is 2. The van der Waals surface area contributed by atoms with E-state index in [0.29, 0.717) is 33.6 Å². The van der Waals surface area contributed by atoms with E-state index < -0.39 is 17.1 Å². The van der Waals surface area contributed by atoms with Gasteiger partial charge in [-0.15, -0.1) is 23.1 Å². The number of methoxy groups -OCH3 is 2. The Morgan fingerprint density at radius 3 is 2.08 bits per heavy atom. The molecule has 1 aromatic heterocycles. The first kappa shape index (κ1) is 35.6. The van der Waals surface area contributed by atoms with Crippen LogP contribution in [0.25, 0.3) is 17.3 Å². The van der Waals surface area contributed by atoms with Crippen LogP contribution in [0.4, 0.5) is 10.8 Å².